The van der Waals surface area contributed by atoms with Gasteiger partial charge in [0.25, 0.3) is 0 Å². The standard InChI is InChI=1S/C13H15F/c1-13(9-3-2-4-10-13)11-5-7-12(14)8-6-11/h3,5-9H,2,4,10H2,1H3/t13-/m0/s1. The second-order valence-corrected chi connectivity index (χ2v) is 4.22. The van der Waals surface area contributed by atoms with Gasteiger partial charge in [0.2, 0.25) is 0 Å². The monoisotopic (exact) mass is 190 g/mol. The van der Waals surface area contributed by atoms with Crippen LogP contribution in [-0.4, -0.2) is 0 Å². The first kappa shape index (κ1) is 9.45. The Labute approximate surface area is 84.5 Å². The van der Waals surface area contributed by atoms with Crippen LogP contribution in [-0.2, 0) is 5.41 Å². The fourth-order valence-corrected chi connectivity index (χ4v) is 2.09. The number of hydrogen-bond donors (Lipinski definition) is 0. The molecule has 0 radical (unpaired) electrons. The minimum absolute atomic E-state index is 0.117. The van der Waals surface area contributed by atoms with E-state index in [1.807, 2.05) is 12.1 Å². The maximum Gasteiger partial charge on any atom is 0.123 e. The Hall–Kier alpha value is -1.11. The fourth-order valence-electron chi connectivity index (χ4n) is 2.09. The molecule has 0 nitrogen and oxygen atoms in total. The van der Waals surface area contributed by atoms with Gasteiger partial charge in [0, 0.05) is 5.41 Å². The van der Waals surface area contributed by atoms with Gasteiger partial charge in [-0.2, -0.15) is 0 Å². The molecule has 14 heavy (non-hydrogen) atoms. The smallest absolute Gasteiger partial charge is 0.123 e. The molecule has 1 atom stereocenters. The molecule has 1 aromatic rings. The van der Waals surface area contributed by atoms with Crippen LogP contribution in [0, 0.1) is 5.82 Å². The Morgan fingerprint density at radius 2 is 1.93 bits per heavy atom. The predicted molar refractivity (Wildman–Crippen MR) is 56.7 cm³/mol. The van der Waals surface area contributed by atoms with Crippen molar-refractivity contribution < 1.29 is 4.39 Å². The number of benzene rings is 1. The largest absolute Gasteiger partial charge is 0.207 e. The van der Waals surface area contributed by atoms with Crippen LogP contribution in [0.2, 0.25) is 0 Å². The Balaban J connectivity index is 2.33. The molecule has 0 heterocycles. The van der Waals surface area contributed by atoms with Crippen molar-refractivity contribution in [2.75, 3.05) is 0 Å². The summed E-state index contributed by atoms with van der Waals surface area (Å²) in [4.78, 5) is 0. The summed E-state index contributed by atoms with van der Waals surface area (Å²) in [6.07, 6.45) is 8.05. The quantitative estimate of drug-likeness (QED) is 0.590. The Morgan fingerprint density at radius 1 is 1.21 bits per heavy atom. The third-order valence-corrected chi connectivity index (χ3v) is 3.06. The zero-order valence-corrected chi connectivity index (χ0v) is 8.46. The van der Waals surface area contributed by atoms with E-state index in [0.29, 0.717) is 0 Å². The lowest BCUT2D eigenvalue weighted by Gasteiger charge is -2.29. The molecule has 0 N–H and O–H groups in total. The van der Waals surface area contributed by atoms with Gasteiger partial charge in [0.1, 0.15) is 5.82 Å². The Bertz CT molecular complexity index is 337. The van der Waals surface area contributed by atoms with Crippen LogP contribution in [0.25, 0.3) is 0 Å². The highest BCUT2D eigenvalue weighted by molar-refractivity contribution is 5.31. The van der Waals surface area contributed by atoms with Gasteiger partial charge < -0.3 is 0 Å². The number of allylic oxidation sites excluding steroid dienone is 2. The summed E-state index contributed by atoms with van der Waals surface area (Å²) in [5.74, 6) is -0.155. The summed E-state index contributed by atoms with van der Waals surface area (Å²) in [6, 6.07) is 6.88. The maximum atomic E-state index is 12.8. The molecular formula is C13H15F. The molecular weight excluding hydrogens is 175 g/mol. The minimum Gasteiger partial charge on any atom is -0.207 e. The topological polar surface area (TPSA) is 0 Å². The first-order valence-corrected chi connectivity index (χ1v) is 5.14. The van der Waals surface area contributed by atoms with Gasteiger partial charge in [-0.25, -0.2) is 4.39 Å². The zero-order valence-electron chi connectivity index (χ0n) is 8.46. The molecule has 0 spiro atoms. The van der Waals surface area contributed by atoms with Crippen LogP contribution >= 0.6 is 0 Å². The molecule has 74 valence electrons. The van der Waals surface area contributed by atoms with Crippen molar-refractivity contribution in [3.05, 3.63) is 47.8 Å². The van der Waals surface area contributed by atoms with Gasteiger partial charge in [0.15, 0.2) is 0 Å². The molecule has 1 aliphatic carbocycles. The second kappa shape index (κ2) is 3.56. The van der Waals surface area contributed by atoms with Gasteiger partial charge in [-0.1, -0.05) is 31.2 Å². The van der Waals surface area contributed by atoms with E-state index in [0.717, 1.165) is 6.42 Å². The van der Waals surface area contributed by atoms with Crippen LogP contribution in [0.15, 0.2) is 36.4 Å². The average Bonchev–Trinajstić information content (AvgIpc) is 2.19. The minimum atomic E-state index is -0.155. The van der Waals surface area contributed by atoms with Crippen molar-refractivity contribution >= 4 is 0 Å². The van der Waals surface area contributed by atoms with Gasteiger partial charge in [-0.3, -0.25) is 0 Å². The van der Waals surface area contributed by atoms with Gasteiger partial charge in [-0.15, -0.1) is 0 Å². The Morgan fingerprint density at radius 3 is 2.50 bits per heavy atom. The van der Waals surface area contributed by atoms with Crippen molar-refractivity contribution in [1.29, 1.82) is 0 Å². The average molecular weight is 190 g/mol. The number of hydrogen-bond acceptors (Lipinski definition) is 0. The summed E-state index contributed by atoms with van der Waals surface area (Å²) in [6.45, 7) is 2.22. The van der Waals surface area contributed by atoms with Gasteiger partial charge in [-0.05, 0) is 37.0 Å². The highest BCUT2D eigenvalue weighted by Crippen LogP contribution is 2.34. The van der Waals surface area contributed by atoms with Crippen molar-refractivity contribution in [1.82, 2.24) is 0 Å². The maximum absolute atomic E-state index is 12.8. The molecule has 0 saturated carbocycles. The van der Waals surface area contributed by atoms with Crippen molar-refractivity contribution in [3.8, 4) is 0 Å². The Kier molecular flexibility index (Phi) is 2.40. The lowest BCUT2D eigenvalue weighted by atomic mass is 9.75. The van der Waals surface area contributed by atoms with Crippen LogP contribution in [0.5, 0.6) is 0 Å². The van der Waals surface area contributed by atoms with E-state index in [2.05, 4.69) is 19.1 Å². The molecule has 0 bridgehead atoms. The van der Waals surface area contributed by atoms with Crippen molar-refractivity contribution in [2.24, 2.45) is 0 Å². The van der Waals surface area contributed by atoms with E-state index >= 15 is 0 Å². The molecule has 0 aromatic heterocycles. The highest BCUT2D eigenvalue weighted by Gasteiger charge is 2.24. The predicted octanol–water partition coefficient (Wildman–Crippen LogP) is 3.82. The van der Waals surface area contributed by atoms with Crippen molar-refractivity contribution in [2.45, 2.75) is 31.6 Å². The van der Waals surface area contributed by atoms with E-state index in [1.165, 1.54) is 18.4 Å². The molecule has 0 unspecified atom stereocenters. The normalized spacial score (nSPS) is 26.4. The SMILES string of the molecule is C[C@]1(c2ccc(F)cc2)C=CCCC1. The van der Waals surface area contributed by atoms with Crippen LogP contribution in [0.3, 0.4) is 0 Å². The van der Waals surface area contributed by atoms with Gasteiger partial charge >= 0.3 is 0 Å². The molecule has 1 aromatic carbocycles. The van der Waals surface area contributed by atoms with E-state index < -0.39 is 0 Å². The number of rotatable bonds is 1. The van der Waals surface area contributed by atoms with Crippen molar-refractivity contribution in [3.63, 3.8) is 0 Å². The number of halogens is 1. The summed E-state index contributed by atoms with van der Waals surface area (Å²) in [7, 11) is 0. The lowest BCUT2D eigenvalue weighted by Crippen LogP contribution is -2.20. The van der Waals surface area contributed by atoms with E-state index in [1.54, 1.807) is 12.1 Å². The fraction of sp³-hybridized carbons (Fsp3) is 0.385. The van der Waals surface area contributed by atoms with Crippen LogP contribution in [0.4, 0.5) is 4.39 Å². The lowest BCUT2D eigenvalue weighted by molar-refractivity contribution is 0.495. The molecule has 2 rings (SSSR count). The molecule has 1 heteroatoms. The highest BCUT2D eigenvalue weighted by atomic mass is 19.1. The molecule has 1 aliphatic rings. The van der Waals surface area contributed by atoms with Crippen LogP contribution < -0.4 is 0 Å². The van der Waals surface area contributed by atoms with E-state index in [9.17, 15) is 4.39 Å². The first-order valence-electron chi connectivity index (χ1n) is 5.14. The first-order chi connectivity index (χ1) is 6.71. The van der Waals surface area contributed by atoms with Crippen LogP contribution in [0.1, 0.15) is 31.7 Å². The molecule has 0 aliphatic heterocycles. The zero-order chi connectivity index (χ0) is 10.0. The molecule has 0 amide bonds. The molecule has 0 saturated heterocycles. The van der Waals surface area contributed by atoms with Gasteiger partial charge in [0.05, 0.1) is 0 Å². The second-order valence-electron chi connectivity index (χ2n) is 4.22. The summed E-state index contributed by atoms with van der Waals surface area (Å²) in [5.41, 5.74) is 1.33. The third-order valence-electron chi connectivity index (χ3n) is 3.06. The molecule has 0 fully saturated rings. The summed E-state index contributed by atoms with van der Waals surface area (Å²) < 4.78 is 12.8. The van der Waals surface area contributed by atoms with E-state index in [-0.39, 0.29) is 11.2 Å². The third kappa shape index (κ3) is 1.72. The van der Waals surface area contributed by atoms with E-state index in [4.69, 9.17) is 0 Å². The summed E-state index contributed by atoms with van der Waals surface area (Å²) >= 11 is 0. The summed E-state index contributed by atoms with van der Waals surface area (Å²) in [5, 5.41) is 0.